The Hall–Kier alpha value is -0.610. The van der Waals surface area contributed by atoms with Crippen molar-refractivity contribution in [2.24, 2.45) is 0 Å². The number of halogens is 3. The molecule has 0 fully saturated rings. The molecule has 0 unspecified atom stereocenters. The van der Waals surface area contributed by atoms with Crippen LogP contribution in [0, 0.1) is 5.82 Å². The molecule has 0 atom stereocenters. The number of hydrogen-bond donors (Lipinski definition) is 0. The molecule has 1 rings (SSSR count). The number of rotatable bonds is 2. The van der Waals surface area contributed by atoms with Gasteiger partial charge in [0.2, 0.25) is 0 Å². The normalized spacial score (nSPS) is 10.0. The van der Waals surface area contributed by atoms with Gasteiger partial charge in [0.15, 0.2) is 0 Å². The third kappa shape index (κ3) is 2.45. The Morgan fingerprint density at radius 1 is 1.64 bits per heavy atom. The lowest BCUT2D eigenvalue weighted by molar-refractivity contribution is 0.0525. The second-order valence-corrected chi connectivity index (χ2v) is 3.71. The van der Waals surface area contributed by atoms with Crippen LogP contribution >= 0.6 is 27.5 Å². The summed E-state index contributed by atoms with van der Waals surface area (Å²) in [5, 5.41) is -0.0435. The van der Waals surface area contributed by atoms with E-state index in [1.807, 2.05) is 0 Å². The summed E-state index contributed by atoms with van der Waals surface area (Å²) in [4.78, 5) is 11.2. The molecular formula is C9H7BrClFO2. The molecule has 0 saturated carbocycles. The standard InChI is InChI=1S/C9H7BrClFO2/c1-2-14-9(13)5-3-6(10)8(11)7(12)4-5/h3-4H,2H2,1H3. The van der Waals surface area contributed by atoms with Crippen molar-refractivity contribution in [3.05, 3.63) is 33.0 Å². The highest BCUT2D eigenvalue weighted by Gasteiger charge is 2.12. The fraction of sp³-hybridized carbons (Fsp3) is 0.222. The maximum atomic E-state index is 13.1. The van der Waals surface area contributed by atoms with E-state index < -0.39 is 11.8 Å². The first kappa shape index (κ1) is 11.5. The molecule has 76 valence electrons. The predicted molar refractivity (Wildman–Crippen MR) is 55.1 cm³/mol. The highest BCUT2D eigenvalue weighted by Crippen LogP contribution is 2.27. The predicted octanol–water partition coefficient (Wildman–Crippen LogP) is 3.42. The van der Waals surface area contributed by atoms with Crippen molar-refractivity contribution in [2.75, 3.05) is 6.61 Å². The third-order valence-corrected chi connectivity index (χ3v) is 2.73. The maximum Gasteiger partial charge on any atom is 0.338 e. The lowest BCUT2D eigenvalue weighted by Gasteiger charge is -2.04. The van der Waals surface area contributed by atoms with E-state index in [2.05, 4.69) is 15.9 Å². The minimum atomic E-state index is -0.649. The van der Waals surface area contributed by atoms with E-state index in [1.54, 1.807) is 6.92 Å². The van der Waals surface area contributed by atoms with Crippen molar-refractivity contribution in [3.8, 4) is 0 Å². The van der Waals surface area contributed by atoms with Crippen LogP contribution in [0.5, 0.6) is 0 Å². The van der Waals surface area contributed by atoms with E-state index in [-0.39, 0.29) is 17.2 Å². The van der Waals surface area contributed by atoms with Gasteiger partial charge in [-0.05, 0) is 35.0 Å². The van der Waals surface area contributed by atoms with Crippen LogP contribution < -0.4 is 0 Å². The van der Waals surface area contributed by atoms with Gasteiger partial charge in [-0.2, -0.15) is 0 Å². The van der Waals surface area contributed by atoms with E-state index in [1.165, 1.54) is 6.07 Å². The lowest BCUT2D eigenvalue weighted by atomic mass is 10.2. The Bertz CT molecular complexity index is 345. The Kier molecular flexibility index (Phi) is 3.89. The van der Waals surface area contributed by atoms with Gasteiger partial charge in [0, 0.05) is 4.47 Å². The zero-order valence-electron chi connectivity index (χ0n) is 7.31. The summed E-state index contributed by atoms with van der Waals surface area (Å²) >= 11 is 8.59. The van der Waals surface area contributed by atoms with E-state index in [9.17, 15) is 9.18 Å². The highest BCUT2D eigenvalue weighted by molar-refractivity contribution is 9.10. The first-order valence-electron chi connectivity index (χ1n) is 3.88. The topological polar surface area (TPSA) is 26.3 Å². The molecule has 5 heteroatoms. The van der Waals surface area contributed by atoms with Crippen molar-refractivity contribution >= 4 is 33.5 Å². The smallest absolute Gasteiger partial charge is 0.338 e. The Morgan fingerprint density at radius 2 is 2.29 bits per heavy atom. The number of ether oxygens (including phenoxy) is 1. The number of hydrogen-bond acceptors (Lipinski definition) is 2. The molecular weight excluding hydrogens is 274 g/mol. The first-order valence-corrected chi connectivity index (χ1v) is 5.05. The third-order valence-electron chi connectivity index (χ3n) is 1.49. The monoisotopic (exact) mass is 280 g/mol. The molecule has 0 heterocycles. The van der Waals surface area contributed by atoms with E-state index in [0.717, 1.165) is 6.07 Å². The molecule has 0 aliphatic rings. The number of carbonyl (C=O) groups excluding carboxylic acids is 1. The molecule has 14 heavy (non-hydrogen) atoms. The fourth-order valence-electron chi connectivity index (χ4n) is 0.888. The highest BCUT2D eigenvalue weighted by atomic mass is 79.9. The molecule has 0 aliphatic carbocycles. The molecule has 1 aromatic carbocycles. The van der Waals surface area contributed by atoms with E-state index >= 15 is 0 Å². The minimum absolute atomic E-state index is 0.0435. The molecule has 0 radical (unpaired) electrons. The number of benzene rings is 1. The summed E-state index contributed by atoms with van der Waals surface area (Å²) in [7, 11) is 0. The van der Waals surface area contributed by atoms with Crippen molar-refractivity contribution in [1.29, 1.82) is 0 Å². The van der Waals surface area contributed by atoms with Crippen molar-refractivity contribution in [1.82, 2.24) is 0 Å². The maximum absolute atomic E-state index is 13.1. The molecule has 0 N–H and O–H groups in total. The SMILES string of the molecule is CCOC(=O)c1cc(F)c(Cl)c(Br)c1. The Balaban J connectivity index is 3.06. The zero-order valence-corrected chi connectivity index (χ0v) is 9.65. The summed E-state index contributed by atoms with van der Waals surface area (Å²) in [5.41, 5.74) is 0.139. The number of esters is 1. The van der Waals surface area contributed by atoms with Crippen LogP contribution in [-0.4, -0.2) is 12.6 Å². The molecule has 0 bridgehead atoms. The fourth-order valence-corrected chi connectivity index (χ4v) is 1.43. The van der Waals surface area contributed by atoms with E-state index in [4.69, 9.17) is 16.3 Å². The molecule has 2 nitrogen and oxygen atoms in total. The van der Waals surface area contributed by atoms with Gasteiger partial charge >= 0.3 is 5.97 Å². The largest absolute Gasteiger partial charge is 0.462 e. The molecule has 1 aromatic rings. The molecule has 0 aromatic heterocycles. The van der Waals surface area contributed by atoms with Crippen molar-refractivity contribution in [2.45, 2.75) is 6.92 Å². The van der Waals surface area contributed by atoms with Gasteiger partial charge in [0.05, 0.1) is 17.2 Å². The van der Waals surface area contributed by atoms with Gasteiger partial charge in [-0.15, -0.1) is 0 Å². The quantitative estimate of drug-likeness (QED) is 0.613. The van der Waals surface area contributed by atoms with Gasteiger partial charge in [-0.25, -0.2) is 9.18 Å². The van der Waals surface area contributed by atoms with Crippen LogP contribution in [0.25, 0.3) is 0 Å². The Morgan fingerprint density at radius 3 is 2.79 bits per heavy atom. The van der Waals surface area contributed by atoms with E-state index in [0.29, 0.717) is 4.47 Å². The van der Waals surface area contributed by atoms with Gasteiger partial charge in [0.25, 0.3) is 0 Å². The second kappa shape index (κ2) is 4.75. The summed E-state index contributed by atoms with van der Waals surface area (Å²) in [6.07, 6.45) is 0. The average Bonchev–Trinajstić information content (AvgIpc) is 2.13. The summed E-state index contributed by atoms with van der Waals surface area (Å²) < 4.78 is 18.1. The first-order chi connectivity index (χ1) is 6.56. The minimum Gasteiger partial charge on any atom is -0.462 e. The van der Waals surface area contributed by atoms with Crippen LogP contribution in [0.1, 0.15) is 17.3 Å². The molecule has 0 amide bonds. The van der Waals surface area contributed by atoms with Gasteiger partial charge < -0.3 is 4.74 Å². The van der Waals surface area contributed by atoms with Crippen LogP contribution in [0.15, 0.2) is 16.6 Å². The van der Waals surface area contributed by atoms with Crippen molar-refractivity contribution < 1.29 is 13.9 Å². The van der Waals surface area contributed by atoms with Gasteiger partial charge in [0.1, 0.15) is 5.82 Å². The van der Waals surface area contributed by atoms with Crippen LogP contribution in [-0.2, 0) is 4.74 Å². The second-order valence-electron chi connectivity index (χ2n) is 2.47. The van der Waals surface area contributed by atoms with Crippen LogP contribution in [0.2, 0.25) is 5.02 Å². The molecule has 0 aliphatic heterocycles. The molecule has 0 saturated heterocycles. The van der Waals surface area contributed by atoms with Crippen LogP contribution in [0.4, 0.5) is 4.39 Å². The zero-order chi connectivity index (χ0) is 10.7. The molecule has 0 spiro atoms. The van der Waals surface area contributed by atoms with Gasteiger partial charge in [-0.3, -0.25) is 0 Å². The number of carbonyl (C=O) groups is 1. The van der Waals surface area contributed by atoms with Crippen molar-refractivity contribution in [3.63, 3.8) is 0 Å². The van der Waals surface area contributed by atoms with Crippen LogP contribution in [0.3, 0.4) is 0 Å². The average molecular weight is 282 g/mol. The lowest BCUT2D eigenvalue weighted by Crippen LogP contribution is -2.05. The Labute approximate surface area is 94.1 Å². The summed E-state index contributed by atoms with van der Waals surface area (Å²) in [6.45, 7) is 1.93. The summed E-state index contributed by atoms with van der Waals surface area (Å²) in [5.74, 6) is -1.21. The summed E-state index contributed by atoms with van der Waals surface area (Å²) in [6, 6.07) is 2.47. The van der Waals surface area contributed by atoms with Gasteiger partial charge in [-0.1, -0.05) is 11.6 Å².